The van der Waals surface area contributed by atoms with Crippen LogP contribution in [0.15, 0.2) is 198 Å². The van der Waals surface area contributed by atoms with Crippen molar-refractivity contribution in [3.05, 3.63) is 210 Å². The molecule has 0 atom stereocenters. The van der Waals surface area contributed by atoms with Gasteiger partial charge in [0.05, 0.1) is 22.3 Å². The van der Waals surface area contributed by atoms with Gasteiger partial charge in [0.1, 0.15) is 0 Å². The van der Waals surface area contributed by atoms with Crippen molar-refractivity contribution in [2.24, 2.45) is 0 Å². The van der Waals surface area contributed by atoms with Gasteiger partial charge in [0.15, 0.2) is 5.82 Å². The number of nitrogens with zero attached hydrogens (tertiary/aromatic N) is 3. The molecule has 4 heteroatoms. The first-order chi connectivity index (χ1) is 26.8. The normalized spacial score (nSPS) is 13.3. The van der Waals surface area contributed by atoms with Crippen LogP contribution in [-0.2, 0) is 5.41 Å². The highest BCUT2D eigenvalue weighted by atomic mass is 32.2. The first-order valence-electron chi connectivity index (χ1n) is 18.3. The molecule has 2 aromatic heterocycles. The summed E-state index contributed by atoms with van der Waals surface area (Å²) in [6, 6.07) is 65.4. The highest BCUT2D eigenvalue weighted by Gasteiger charge is 2.50. The standard InChI is InChI=1S/C50H31N3S/c1-3-13-32(14-4-1)45-31-46(53-49(52-45)33-15-5-2-6-16-33)35-25-27-41-39(30-35)38-29-34(36-17-11-21-44-37(36)18-12-28-51-44)24-26-40(38)50(41)42-19-7-9-22-47(42)54-48-23-10-8-20-43(48)50/h1-31H. The summed E-state index contributed by atoms with van der Waals surface area (Å²) >= 11 is 1.87. The summed E-state index contributed by atoms with van der Waals surface area (Å²) in [5, 5.41) is 1.15. The van der Waals surface area contributed by atoms with Crippen LogP contribution in [-0.4, -0.2) is 15.0 Å². The molecule has 1 aliphatic carbocycles. The summed E-state index contributed by atoms with van der Waals surface area (Å²) in [6.45, 7) is 0. The number of aromatic nitrogens is 3. The fourth-order valence-electron chi connectivity index (χ4n) is 8.66. The fourth-order valence-corrected chi connectivity index (χ4v) is 9.85. The predicted octanol–water partition coefficient (Wildman–Crippen LogP) is 12.5. The second-order valence-corrected chi connectivity index (χ2v) is 15.0. The zero-order valence-electron chi connectivity index (χ0n) is 29.1. The van der Waals surface area contributed by atoms with Gasteiger partial charge in [-0.05, 0) is 87.0 Å². The van der Waals surface area contributed by atoms with E-state index in [1.165, 1.54) is 54.3 Å². The zero-order chi connectivity index (χ0) is 35.6. The molecule has 0 unspecified atom stereocenters. The molecule has 0 radical (unpaired) electrons. The monoisotopic (exact) mass is 705 g/mol. The number of rotatable bonds is 4. The van der Waals surface area contributed by atoms with E-state index in [9.17, 15) is 0 Å². The Morgan fingerprint density at radius 3 is 1.69 bits per heavy atom. The molecule has 252 valence electrons. The minimum atomic E-state index is -0.476. The van der Waals surface area contributed by atoms with Gasteiger partial charge >= 0.3 is 0 Å². The topological polar surface area (TPSA) is 38.7 Å². The van der Waals surface area contributed by atoms with Crippen molar-refractivity contribution in [2.45, 2.75) is 15.2 Å². The van der Waals surface area contributed by atoms with E-state index in [1.807, 2.05) is 48.3 Å². The Hall–Kier alpha value is -6.62. The first kappa shape index (κ1) is 31.0. The number of pyridine rings is 1. The van der Waals surface area contributed by atoms with Crippen molar-refractivity contribution in [1.82, 2.24) is 15.0 Å². The van der Waals surface area contributed by atoms with Crippen molar-refractivity contribution in [3.8, 4) is 56.2 Å². The van der Waals surface area contributed by atoms with Crippen LogP contribution in [0.2, 0.25) is 0 Å². The summed E-state index contributed by atoms with van der Waals surface area (Å²) in [6.07, 6.45) is 1.87. The second kappa shape index (κ2) is 12.2. The maximum absolute atomic E-state index is 5.23. The lowest BCUT2D eigenvalue weighted by Crippen LogP contribution is -2.31. The minimum absolute atomic E-state index is 0.476. The van der Waals surface area contributed by atoms with Crippen molar-refractivity contribution < 1.29 is 0 Å². The van der Waals surface area contributed by atoms with Gasteiger partial charge in [-0.15, -0.1) is 0 Å². The van der Waals surface area contributed by atoms with Crippen LogP contribution in [0.3, 0.4) is 0 Å². The molecule has 7 aromatic carbocycles. The maximum atomic E-state index is 5.23. The first-order valence-corrected chi connectivity index (χ1v) is 19.1. The van der Waals surface area contributed by atoms with Crippen molar-refractivity contribution in [2.75, 3.05) is 0 Å². The number of hydrogen-bond acceptors (Lipinski definition) is 4. The molecule has 54 heavy (non-hydrogen) atoms. The Balaban J connectivity index is 1.19. The Labute approximate surface area is 318 Å². The van der Waals surface area contributed by atoms with Crippen LogP contribution >= 0.6 is 11.8 Å². The van der Waals surface area contributed by atoms with Crippen molar-refractivity contribution in [1.29, 1.82) is 0 Å². The molecule has 0 saturated heterocycles. The molecular weight excluding hydrogens is 675 g/mol. The van der Waals surface area contributed by atoms with Crippen LogP contribution in [0.1, 0.15) is 22.3 Å². The molecule has 0 bridgehead atoms. The number of hydrogen-bond donors (Lipinski definition) is 0. The molecule has 0 N–H and O–H groups in total. The third kappa shape index (κ3) is 4.67. The second-order valence-electron chi connectivity index (χ2n) is 13.9. The lowest BCUT2D eigenvalue weighted by molar-refractivity contribution is 0.722. The van der Waals surface area contributed by atoms with Gasteiger partial charge in [0, 0.05) is 38.1 Å². The fraction of sp³-hybridized carbons (Fsp3) is 0.0200. The van der Waals surface area contributed by atoms with Crippen molar-refractivity contribution >= 4 is 22.7 Å². The van der Waals surface area contributed by atoms with Crippen LogP contribution < -0.4 is 0 Å². The van der Waals surface area contributed by atoms with Gasteiger partial charge < -0.3 is 0 Å². The van der Waals surface area contributed by atoms with Crippen LogP contribution in [0, 0.1) is 0 Å². The molecule has 9 aromatic rings. The zero-order valence-corrected chi connectivity index (χ0v) is 30.0. The van der Waals surface area contributed by atoms with Gasteiger partial charge in [-0.1, -0.05) is 151 Å². The molecule has 0 amide bonds. The highest BCUT2D eigenvalue weighted by molar-refractivity contribution is 7.99. The lowest BCUT2D eigenvalue weighted by Gasteiger charge is -2.39. The SMILES string of the molecule is c1ccc(-c2cc(-c3ccc4c(c3)-c3cc(-c5cccc6ncccc56)ccc3C43c4ccccc4Sc4ccccc43)nc(-c3ccccc3)n2)cc1. The van der Waals surface area contributed by atoms with Gasteiger partial charge in [-0.25, -0.2) is 9.97 Å². The Morgan fingerprint density at radius 1 is 0.389 bits per heavy atom. The molecule has 1 aliphatic heterocycles. The van der Waals surface area contributed by atoms with Gasteiger partial charge in [-0.2, -0.15) is 0 Å². The minimum Gasteiger partial charge on any atom is -0.256 e. The molecule has 2 aliphatic rings. The Kier molecular flexibility index (Phi) is 7.01. The van der Waals surface area contributed by atoms with Gasteiger partial charge in [-0.3, -0.25) is 4.98 Å². The molecule has 0 fully saturated rings. The van der Waals surface area contributed by atoms with E-state index in [1.54, 1.807) is 0 Å². The molecule has 3 nitrogen and oxygen atoms in total. The van der Waals surface area contributed by atoms with E-state index in [0.29, 0.717) is 5.82 Å². The van der Waals surface area contributed by atoms with E-state index < -0.39 is 5.41 Å². The van der Waals surface area contributed by atoms with E-state index in [2.05, 4.69) is 157 Å². The average molecular weight is 706 g/mol. The molecule has 1 spiro atoms. The summed E-state index contributed by atoms with van der Waals surface area (Å²) in [5.41, 5.74) is 15.5. The van der Waals surface area contributed by atoms with E-state index in [-0.39, 0.29) is 0 Å². The van der Waals surface area contributed by atoms with Crippen LogP contribution in [0.5, 0.6) is 0 Å². The quantitative estimate of drug-likeness (QED) is 0.183. The number of fused-ring (bicyclic) bond motifs is 10. The Morgan fingerprint density at radius 2 is 0.981 bits per heavy atom. The largest absolute Gasteiger partial charge is 0.256 e. The summed E-state index contributed by atoms with van der Waals surface area (Å²) in [7, 11) is 0. The third-order valence-corrected chi connectivity index (χ3v) is 12.2. The highest BCUT2D eigenvalue weighted by Crippen LogP contribution is 2.62. The lowest BCUT2D eigenvalue weighted by atomic mass is 9.67. The van der Waals surface area contributed by atoms with Crippen LogP contribution in [0.4, 0.5) is 0 Å². The van der Waals surface area contributed by atoms with E-state index in [0.717, 1.165) is 39.0 Å². The summed E-state index contributed by atoms with van der Waals surface area (Å²) in [4.78, 5) is 17.6. The van der Waals surface area contributed by atoms with E-state index >= 15 is 0 Å². The smallest absolute Gasteiger partial charge is 0.160 e. The molecular formula is C50H31N3S. The van der Waals surface area contributed by atoms with E-state index in [4.69, 9.17) is 9.97 Å². The van der Waals surface area contributed by atoms with Crippen LogP contribution in [0.25, 0.3) is 67.1 Å². The molecule has 3 heterocycles. The maximum Gasteiger partial charge on any atom is 0.160 e. The molecule has 11 rings (SSSR count). The average Bonchev–Trinajstić information content (AvgIpc) is 3.53. The summed E-state index contributed by atoms with van der Waals surface area (Å²) < 4.78 is 0. The third-order valence-electron chi connectivity index (χ3n) is 11.0. The number of benzene rings is 7. The molecule has 0 saturated carbocycles. The van der Waals surface area contributed by atoms with Gasteiger partial charge in [0.2, 0.25) is 0 Å². The Bertz CT molecular complexity index is 2810. The predicted molar refractivity (Wildman–Crippen MR) is 221 cm³/mol. The summed E-state index contributed by atoms with van der Waals surface area (Å²) in [5.74, 6) is 0.711. The van der Waals surface area contributed by atoms with Gasteiger partial charge in [0.25, 0.3) is 0 Å². The van der Waals surface area contributed by atoms with Crippen molar-refractivity contribution in [3.63, 3.8) is 0 Å².